The molecule has 0 spiro atoms. The van der Waals surface area contributed by atoms with E-state index in [0.29, 0.717) is 5.92 Å². The van der Waals surface area contributed by atoms with E-state index < -0.39 is 0 Å². The highest BCUT2D eigenvalue weighted by Crippen LogP contribution is 2.79. The Morgan fingerprint density at radius 1 is 1.50 bits per heavy atom. The van der Waals surface area contributed by atoms with E-state index in [2.05, 4.69) is 13.8 Å². The van der Waals surface area contributed by atoms with Gasteiger partial charge in [0.1, 0.15) is 12.1 Å². The number of hydrogen-bond acceptors (Lipinski definition) is 2. The minimum atomic E-state index is -0.265. The smallest absolute Gasteiger partial charge is 0.134 e. The molecule has 0 radical (unpaired) electrons. The van der Waals surface area contributed by atoms with Gasteiger partial charge in [-0.05, 0) is 24.7 Å². The van der Waals surface area contributed by atoms with Crippen molar-refractivity contribution in [1.82, 2.24) is 0 Å². The van der Waals surface area contributed by atoms with Crippen molar-refractivity contribution in [2.75, 3.05) is 0 Å². The van der Waals surface area contributed by atoms with E-state index in [1.54, 1.807) is 6.92 Å². The van der Waals surface area contributed by atoms with Crippen LogP contribution in [0.15, 0.2) is 0 Å². The molecule has 66 valence electrons. The van der Waals surface area contributed by atoms with E-state index >= 15 is 0 Å². The maximum atomic E-state index is 11.2. The summed E-state index contributed by atoms with van der Waals surface area (Å²) < 4.78 is 0. The maximum Gasteiger partial charge on any atom is 0.134 e. The van der Waals surface area contributed by atoms with E-state index in [0.717, 1.165) is 12.7 Å². The molecule has 0 amide bonds. The molecule has 3 atom stereocenters. The van der Waals surface area contributed by atoms with Gasteiger partial charge < -0.3 is 4.79 Å². The molecule has 2 aliphatic rings. The summed E-state index contributed by atoms with van der Waals surface area (Å²) in [5.74, 6) is 0.616. The van der Waals surface area contributed by atoms with Gasteiger partial charge in [-0.1, -0.05) is 13.8 Å². The van der Waals surface area contributed by atoms with Crippen molar-refractivity contribution in [3.05, 3.63) is 0 Å². The minimum absolute atomic E-state index is 0.0463. The van der Waals surface area contributed by atoms with E-state index in [-0.39, 0.29) is 22.5 Å². The highest BCUT2D eigenvalue weighted by molar-refractivity contribution is 5.91. The Morgan fingerprint density at radius 2 is 2.08 bits per heavy atom. The second kappa shape index (κ2) is 1.81. The van der Waals surface area contributed by atoms with Crippen LogP contribution in [-0.4, -0.2) is 12.1 Å². The Morgan fingerprint density at radius 3 is 2.25 bits per heavy atom. The molecule has 2 saturated carbocycles. The van der Waals surface area contributed by atoms with Gasteiger partial charge in [0.15, 0.2) is 0 Å². The summed E-state index contributed by atoms with van der Waals surface area (Å²) in [6.07, 6.45) is 2.06. The number of carbonyl (C=O) groups excluding carboxylic acids is 2. The van der Waals surface area contributed by atoms with Gasteiger partial charge in [-0.15, -0.1) is 0 Å². The van der Waals surface area contributed by atoms with E-state index in [4.69, 9.17) is 0 Å². The van der Waals surface area contributed by atoms with Crippen LogP contribution in [0.2, 0.25) is 0 Å². The molecule has 2 fully saturated rings. The van der Waals surface area contributed by atoms with Crippen molar-refractivity contribution >= 4 is 12.1 Å². The summed E-state index contributed by atoms with van der Waals surface area (Å²) >= 11 is 0. The van der Waals surface area contributed by atoms with Gasteiger partial charge in [-0.25, -0.2) is 0 Å². The lowest BCUT2D eigenvalue weighted by Crippen LogP contribution is -2.38. The van der Waals surface area contributed by atoms with Crippen LogP contribution >= 0.6 is 0 Å². The standard InChI is InChI=1S/C10H14O2/c1-6(12)8-7-4-9(2,3)10(7,8)5-11/h5,7-8H,4H2,1-3H3. The van der Waals surface area contributed by atoms with E-state index in [9.17, 15) is 9.59 Å². The minimum Gasteiger partial charge on any atom is -0.303 e. The van der Waals surface area contributed by atoms with E-state index in [1.165, 1.54) is 0 Å². The number of ketones is 1. The highest BCUT2D eigenvalue weighted by Gasteiger charge is 2.81. The Kier molecular flexibility index (Phi) is 1.20. The van der Waals surface area contributed by atoms with Gasteiger partial charge >= 0.3 is 0 Å². The summed E-state index contributed by atoms with van der Waals surface area (Å²) in [5.41, 5.74) is -0.200. The van der Waals surface area contributed by atoms with Crippen molar-refractivity contribution in [3.8, 4) is 0 Å². The fourth-order valence-electron chi connectivity index (χ4n) is 3.23. The molecule has 0 aromatic carbocycles. The van der Waals surface area contributed by atoms with Gasteiger partial charge in [0.05, 0.1) is 0 Å². The predicted octanol–water partition coefficient (Wildman–Crippen LogP) is 1.44. The van der Waals surface area contributed by atoms with Crippen LogP contribution < -0.4 is 0 Å². The third kappa shape index (κ3) is 0.551. The van der Waals surface area contributed by atoms with Gasteiger partial charge in [0, 0.05) is 11.3 Å². The second-order valence-electron chi connectivity index (χ2n) is 4.83. The first-order valence-electron chi connectivity index (χ1n) is 4.44. The largest absolute Gasteiger partial charge is 0.303 e. The first kappa shape index (κ1) is 7.96. The Hall–Kier alpha value is -0.660. The number of rotatable bonds is 2. The zero-order chi connectivity index (χ0) is 9.15. The van der Waals surface area contributed by atoms with Crippen LogP contribution in [0.25, 0.3) is 0 Å². The van der Waals surface area contributed by atoms with Crippen LogP contribution in [0.5, 0.6) is 0 Å². The molecule has 2 heteroatoms. The summed E-state index contributed by atoms with van der Waals surface area (Å²) in [6.45, 7) is 5.77. The maximum absolute atomic E-state index is 11.2. The molecule has 2 rings (SSSR count). The van der Waals surface area contributed by atoms with Crippen molar-refractivity contribution in [2.24, 2.45) is 22.7 Å². The number of hydrogen-bond donors (Lipinski definition) is 0. The summed E-state index contributed by atoms with van der Waals surface area (Å²) in [7, 11) is 0. The lowest BCUT2D eigenvalue weighted by Gasteiger charge is -2.40. The first-order valence-corrected chi connectivity index (χ1v) is 4.44. The van der Waals surface area contributed by atoms with Crippen LogP contribution in [0.3, 0.4) is 0 Å². The molecule has 0 aromatic heterocycles. The zero-order valence-electron chi connectivity index (χ0n) is 7.76. The van der Waals surface area contributed by atoms with Crippen LogP contribution in [0.4, 0.5) is 0 Å². The average molecular weight is 166 g/mol. The van der Waals surface area contributed by atoms with Crippen molar-refractivity contribution in [2.45, 2.75) is 27.2 Å². The van der Waals surface area contributed by atoms with Crippen molar-refractivity contribution < 1.29 is 9.59 Å². The number of fused-ring (bicyclic) bond motifs is 1. The zero-order valence-corrected chi connectivity index (χ0v) is 7.76. The number of Topliss-reactive ketones (excluding diaryl/α,β-unsaturated/α-hetero) is 1. The quantitative estimate of drug-likeness (QED) is 0.582. The molecule has 0 heterocycles. The van der Waals surface area contributed by atoms with Crippen LogP contribution in [0.1, 0.15) is 27.2 Å². The lowest BCUT2D eigenvalue weighted by molar-refractivity contribution is -0.126. The van der Waals surface area contributed by atoms with E-state index in [1.807, 2.05) is 0 Å². The lowest BCUT2D eigenvalue weighted by atomic mass is 9.62. The molecule has 0 aromatic rings. The Labute approximate surface area is 72.3 Å². The number of carbonyl (C=O) groups is 2. The monoisotopic (exact) mass is 166 g/mol. The SMILES string of the molecule is CC(=O)C1C2CC(C)(C)C21C=O. The van der Waals surface area contributed by atoms with Gasteiger partial charge in [-0.3, -0.25) is 4.79 Å². The van der Waals surface area contributed by atoms with Crippen molar-refractivity contribution in [1.29, 1.82) is 0 Å². The molecule has 0 N–H and O–H groups in total. The van der Waals surface area contributed by atoms with Gasteiger partial charge in [0.2, 0.25) is 0 Å². The summed E-state index contributed by atoms with van der Waals surface area (Å²) in [5, 5.41) is 0. The molecular weight excluding hydrogens is 152 g/mol. The molecule has 0 aliphatic heterocycles. The Bertz CT molecular complexity index is 267. The molecule has 3 unspecified atom stereocenters. The number of aldehydes is 1. The summed E-state index contributed by atoms with van der Waals surface area (Å²) in [6, 6.07) is 0. The van der Waals surface area contributed by atoms with Gasteiger partial charge in [-0.2, -0.15) is 0 Å². The third-order valence-electron chi connectivity index (χ3n) is 3.96. The topological polar surface area (TPSA) is 34.1 Å². The molecular formula is C10H14O2. The molecule has 0 bridgehead atoms. The average Bonchev–Trinajstić information content (AvgIpc) is 2.52. The first-order chi connectivity index (χ1) is 5.47. The Balaban J connectivity index is 2.30. The summed E-state index contributed by atoms with van der Waals surface area (Å²) in [4.78, 5) is 22.1. The highest BCUT2D eigenvalue weighted by atomic mass is 16.1. The fourth-order valence-corrected chi connectivity index (χ4v) is 3.23. The third-order valence-corrected chi connectivity index (χ3v) is 3.96. The molecule has 12 heavy (non-hydrogen) atoms. The fraction of sp³-hybridized carbons (Fsp3) is 0.800. The second-order valence-corrected chi connectivity index (χ2v) is 4.83. The van der Waals surface area contributed by atoms with Crippen LogP contribution in [-0.2, 0) is 9.59 Å². The van der Waals surface area contributed by atoms with Gasteiger partial charge in [0.25, 0.3) is 0 Å². The molecule has 0 saturated heterocycles. The van der Waals surface area contributed by atoms with Crippen molar-refractivity contribution in [3.63, 3.8) is 0 Å². The van der Waals surface area contributed by atoms with Crippen LogP contribution in [0, 0.1) is 22.7 Å². The molecule has 2 aliphatic carbocycles. The predicted molar refractivity (Wildman–Crippen MR) is 44.6 cm³/mol. The normalized spacial score (nSPS) is 47.2. The molecule has 2 nitrogen and oxygen atoms in total.